The molecular weight excluding hydrogens is 377 g/mol. The summed E-state index contributed by atoms with van der Waals surface area (Å²) in [7, 11) is 0. The first kappa shape index (κ1) is 19.2. The van der Waals surface area contributed by atoms with Crippen LogP contribution in [0.1, 0.15) is 18.2 Å². The van der Waals surface area contributed by atoms with E-state index in [1.165, 1.54) is 23.1 Å². The molecule has 0 saturated heterocycles. The molecule has 1 unspecified atom stereocenters. The number of hydrogen-bond acceptors (Lipinski definition) is 6. The quantitative estimate of drug-likeness (QED) is 0.739. The van der Waals surface area contributed by atoms with Gasteiger partial charge >= 0.3 is 6.18 Å². The third kappa shape index (κ3) is 5.71. The summed E-state index contributed by atoms with van der Waals surface area (Å²) >= 11 is 2.42. The van der Waals surface area contributed by atoms with E-state index < -0.39 is 28.8 Å². The van der Waals surface area contributed by atoms with Gasteiger partial charge in [0.05, 0.1) is 22.9 Å². The summed E-state index contributed by atoms with van der Waals surface area (Å²) in [4.78, 5) is 30.8. The summed E-state index contributed by atoms with van der Waals surface area (Å²) in [6, 6.07) is 1.58. The van der Waals surface area contributed by atoms with Gasteiger partial charge in [-0.3, -0.25) is 9.59 Å². The summed E-state index contributed by atoms with van der Waals surface area (Å²) in [5.41, 5.74) is 4.71. The number of alkyl halides is 3. The van der Waals surface area contributed by atoms with E-state index in [1.54, 1.807) is 12.3 Å². The SMILES string of the molecule is CC(Sc1nc(CC(=O)Nc2cc(C(F)(F)F)ccn2)cs1)C(N)=O. The van der Waals surface area contributed by atoms with Crippen molar-refractivity contribution in [3.63, 3.8) is 0 Å². The Morgan fingerprint density at radius 1 is 1.44 bits per heavy atom. The third-order valence-corrected chi connectivity index (χ3v) is 5.04. The van der Waals surface area contributed by atoms with Crippen molar-refractivity contribution in [1.82, 2.24) is 9.97 Å². The van der Waals surface area contributed by atoms with Crippen molar-refractivity contribution >= 4 is 40.7 Å². The number of anilines is 1. The van der Waals surface area contributed by atoms with Crippen molar-refractivity contribution < 1.29 is 22.8 Å². The molecular formula is C14H13F3N4O2S2. The minimum atomic E-state index is -4.51. The van der Waals surface area contributed by atoms with Crippen molar-refractivity contribution in [3.05, 3.63) is 35.0 Å². The van der Waals surface area contributed by atoms with Crippen LogP contribution in [0, 0.1) is 0 Å². The van der Waals surface area contributed by atoms with Gasteiger partial charge in [0.15, 0.2) is 4.34 Å². The molecule has 0 saturated carbocycles. The van der Waals surface area contributed by atoms with Gasteiger partial charge in [0, 0.05) is 11.6 Å². The first-order valence-corrected chi connectivity index (χ1v) is 8.64. The van der Waals surface area contributed by atoms with Crippen molar-refractivity contribution in [2.24, 2.45) is 5.73 Å². The molecule has 0 aliphatic carbocycles. The van der Waals surface area contributed by atoms with E-state index >= 15 is 0 Å². The number of aromatic nitrogens is 2. The fourth-order valence-electron chi connectivity index (χ4n) is 1.66. The van der Waals surface area contributed by atoms with Crippen LogP contribution in [-0.2, 0) is 22.2 Å². The second-order valence-corrected chi connectivity index (χ2v) is 7.37. The highest BCUT2D eigenvalue weighted by atomic mass is 32.2. The number of thiazole rings is 1. The Kier molecular flexibility index (Phi) is 6.01. The van der Waals surface area contributed by atoms with E-state index in [4.69, 9.17) is 5.73 Å². The minimum absolute atomic E-state index is 0.125. The van der Waals surface area contributed by atoms with Gasteiger partial charge in [0.25, 0.3) is 0 Å². The zero-order chi connectivity index (χ0) is 18.6. The van der Waals surface area contributed by atoms with Gasteiger partial charge in [0.1, 0.15) is 5.82 Å². The van der Waals surface area contributed by atoms with E-state index in [-0.39, 0.29) is 12.2 Å². The van der Waals surface area contributed by atoms with Gasteiger partial charge < -0.3 is 11.1 Å². The fourth-order valence-corrected chi connectivity index (χ4v) is 3.59. The Balaban J connectivity index is 1.97. The Bertz CT molecular complexity index is 779. The number of nitrogens with one attached hydrogen (secondary N) is 1. The molecule has 1 atom stereocenters. The molecule has 2 aromatic heterocycles. The fraction of sp³-hybridized carbons (Fsp3) is 0.286. The summed E-state index contributed by atoms with van der Waals surface area (Å²) in [6.45, 7) is 1.64. The van der Waals surface area contributed by atoms with Crippen molar-refractivity contribution in [2.75, 3.05) is 5.32 Å². The molecule has 0 radical (unpaired) electrons. The van der Waals surface area contributed by atoms with Gasteiger partial charge in [-0.05, 0) is 19.1 Å². The van der Waals surface area contributed by atoms with Crippen LogP contribution in [-0.4, -0.2) is 27.0 Å². The van der Waals surface area contributed by atoms with Crippen LogP contribution in [0.4, 0.5) is 19.0 Å². The lowest BCUT2D eigenvalue weighted by Crippen LogP contribution is -2.22. The first-order valence-electron chi connectivity index (χ1n) is 6.88. The number of rotatable bonds is 6. The average molecular weight is 390 g/mol. The summed E-state index contributed by atoms with van der Waals surface area (Å²) in [6.07, 6.45) is -3.66. The zero-order valence-electron chi connectivity index (χ0n) is 12.8. The van der Waals surface area contributed by atoms with Gasteiger partial charge in [-0.1, -0.05) is 11.8 Å². The number of carbonyl (C=O) groups excluding carboxylic acids is 2. The highest BCUT2D eigenvalue weighted by molar-refractivity contribution is 8.02. The number of amides is 2. The van der Waals surface area contributed by atoms with E-state index in [2.05, 4.69) is 15.3 Å². The van der Waals surface area contributed by atoms with Gasteiger partial charge in [0.2, 0.25) is 11.8 Å². The largest absolute Gasteiger partial charge is 0.416 e. The van der Waals surface area contributed by atoms with E-state index in [0.717, 1.165) is 18.3 Å². The van der Waals surface area contributed by atoms with E-state index in [9.17, 15) is 22.8 Å². The van der Waals surface area contributed by atoms with E-state index in [0.29, 0.717) is 10.0 Å². The average Bonchev–Trinajstić information content (AvgIpc) is 2.93. The Labute approximate surface area is 149 Å². The Morgan fingerprint density at radius 3 is 2.80 bits per heavy atom. The van der Waals surface area contributed by atoms with Crippen LogP contribution in [0.25, 0.3) is 0 Å². The topological polar surface area (TPSA) is 98.0 Å². The molecule has 3 N–H and O–H groups in total. The lowest BCUT2D eigenvalue weighted by atomic mass is 10.2. The first-order chi connectivity index (χ1) is 11.6. The highest BCUT2D eigenvalue weighted by Crippen LogP contribution is 2.30. The molecule has 0 aliphatic heterocycles. The van der Waals surface area contributed by atoms with Crippen LogP contribution in [0.2, 0.25) is 0 Å². The molecule has 134 valence electrons. The standard InChI is InChI=1S/C14H13F3N4O2S2/c1-7(12(18)23)25-13-20-9(6-24-13)5-11(22)21-10-4-8(2-3-19-10)14(15,16)17/h2-4,6-7H,5H2,1H3,(H2,18,23)(H,19,21,22). The number of carbonyl (C=O) groups is 2. The van der Waals surface area contributed by atoms with E-state index in [1.807, 2.05) is 0 Å². The van der Waals surface area contributed by atoms with Crippen molar-refractivity contribution in [2.45, 2.75) is 29.1 Å². The predicted octanol–water partition coefficient (Wildman–Crippen LogP) is 2.70. The monoisotopic (exact) mass is 390 g/mol. The van der Waals surface area contributed by atoms with Crippen LogP contribution in [0.15, 0.2) is 28.0 Å². The smallest absolute Gasteiger partial charge is 0.369 e. The molecule has 0 bridgehead atoms. The molecule has 2 aromatic rings. The van der Waals surface area contributed by atoms with Crippen molar-refractivity contribution in [1.29, 1.82) is 0 Å². The van der Waals surface area contributed by atoms with Crippen LogP contribution in [0.5, 0.6) is 0 Å². The Morgan fingerprint density at radius 2 is 2.16 bits per heavy atom. The molecule has 2 rings (SSSR count). The number of thioether (sulfide) groups is 1. The summed E-state index contributed by atoms with van der Waals surface area (Å²) < 4.78 is 38.5. The number of pyridine rings is 1. The van der Waals surface area contributed by atoms with Crippen LogP contribution >= 0.6 is 23.1 Å². The molecule has 2 heterocycles. The second kappa shape index (κ2) is 7.83. The Hall–Kier alpha value is -2.14. The van der Waals surface area contributed by atoms with Crippen molar-refractivity contribution in [3.8, 4) is 0 Å². The molecule has 2 amide bonds. The maximum atomic E-state index is 12.6. The second-order valence-electron chi connectivity index (χ2n) is 4.92. The summed E-state index contributed by atoms with van der Waals surface area (Å²) in [5, 5.41) is 3.48. The number of primary amides is 1. The third-order valence-electron chi connectivity index (χ3n) is 2.91. The number of hydrogen-bond donors (Lipinski definition) is 2. The maximum absolute atomic E-state index is 12.6. The molecule has 11 heteroatoms. The lowest BCUT2D eigenvalue weighted by Gasteiger charge is -2.08. The molecule has 6 nitrogen and oxygen atoms in total. The number of nitrogens with zero attached hydrogens (tertiary/aromatic N) is 2. The summed E-state index contributed by atoms with van der Waals surface area (Å²) in [5.74, 6) is -1.21. The molecule has 0 fully saturated rings. The molecule has 0 spiro atoms. The number of halogens is 3. The van der Waals surface area contributed by atoms with Crippen LogP contribution < -0.4 is 11.1 Å². The zero-order valence-corrected chi connectivity index (χ0v) is 14.5. The molecule has 25 heavy (non-hydrogen) atoms. The van der Waals surface area contributed by atoms with Crippen LogP contribution in [0.3, 0.4) is 0 Å². The maximum Gasteiger partial charge on any atom is 0.416 e. The highest BCUT2D eigenvalue weighted by Gasteiger charge is 2.30. The normalized spacial score (nSPS) is 12.6. The molecule has 0 aromatic carbocycles. The predicted molar refractivity (Wildman–Crippen MR) is 88.2 cm³/mol. The minimum Gasteiger partial charge on any atom is -0.369 e. The van der Waals surface area contributed by atoms with Gasteiger partial charge in [-0.2, -0.15) is 13.2 Å². The van der Waals surface area contributed by atoms with Gasteiger partial charge in [-0.25, -0.2) is 9.97 Å². The lowest BCUT2D eigenvalue weighted by molar-refractivity contribution is -0.137. The van der Waals surface area contributed by atoms with Gasteiger partial charge in [-0.15, -0.1) is 11.3 Å². The molecule has 0 aliphatic rings. The number of nitrogens with two attached hydrogens (primary N) is 1.